The van der Waals surface area contributed by atoms with Gasteiger partial charge in [0.15, 0.2) is 0 Å². The smallest absolute Gasteiger partial charge is 0.268 e. The van der Waals surface area contributed by atoms with Crippen molar-refractivity contribution in [1.29, 1.82) is 0 Å². The van der Waals surface area contributed by atoms with Crippen LogP contribution in [0.2, 0.25) is 10.0 Å². The van der Waals surface area contributed by atoms with Gasteiger partial charge in [-0.15, -0.1) is 11.3 Å². The van der Waals surface area contributed by atoms with Gasteiger partial charge in [0.1, 0.15) is 0 Å². The molecule has 0 atom stereocenters. The molecular weight excluding hydrogens is 433 g/mol. The van der Waals surface area contributed by atoms with Crippen LogP contribution >= 0.6 is 46.3 Å². The Bertz CT molecular complexity index is 1110. The Kier molecular flexibility index (Phi) is 5.34. The van der Waals surface area contributed by atoms with Crippen molar-refractivity contribution in [3.05, 3.63) is 85.4 Å². The van der Waals surface area contributed by atoms with Gasteiger partial charge in [0.25, 0.3) is 11.8 Å². The van der Waals surface area contributed by atoms with E-state index in [-0.39, 0.29) is 11.8 Å². The first-order valence-electron chi connectivity index (χ1n) is 8.32. The molecule has 0 bridgehead atoms. The number of thioether (sulfide) groups is 1. The van der Waals surface area contributed by atoms with Crippen LogP contribution in [0.3, 0.4) is 0 Å². The number of hydrogen-bond donors (Lipinski definition) is 0. The molecule has 2 aromatic carbocycles. The summed E-state index contributed by atoms with van der Waals surface area (Å²) in [5.74, 6) is -0.687. The monoisotopic (exact) mass is 445 g/mol. The lowest BCUT2D eigenvalue weighted by Gasteiger charge is -2.18. The summed E-state index contributed by atoms with van der Waals surface area (Å²) < 4.78 is 0. The van der Waals surface area contributed by atoms with Crippen molar-refractivity contribution >= 4 is 69.4 Å². The van der Waals surface area contributed by atoms with E-state index < -0.39 is 0 Å². The normalized spacial score (nSPS) is 14.3. The average Bonchev–Trinajstić information content (AvgIpc) is 3.27. The first kappa shape index (κ1) is 19.3. The van der Waals surface area contributed by atoms with E-state index in [1.165, 1.54) is 28.0 Å². The van der Waals surface area contributed by atoms with E-state index in [1.54, 1.807) is 30.3 Å². The molecule has 4 rings (SSSR count). The minimum Gasteiger partial charge on any atom is -0.268 e. The van der Waals surface area contributed by atoms with Gasteiger partial charge in [-0.1, -0.05) is 47.1 Å². The molecule has 0 radical (unpaired) electrons. The standard InChI is InChI=1S/C21H13Cl2NO2S2/c1-12-4-5-14(23)11-16(12)24-20(25)18(17-3-2-10-27-17)19(21(24)26)28-15-8-6-13(22)7-9-15/h2-11H,1H3. The topological polar surface area (TPSA) is 37.4 Å². The fourth-order valence-corrected chi connectivity index (χ4v) is 5.02. The van der Waals surface area contributed by atoms with Gasteiger partial charge in [-0.05, 0) is 60.3 Å². The van der Waals surface area contributed by atoms with Gasteiger partial charge in [0, 0.05) is 19.8 Å². The number of nitrogens with zero attached hydrogens (tertiary/aromatic N) is 1. The first-order valence-corrected chi connectivity index (χ1v) is 10.8. The number of thiophene rings is 1. The predicted molar refractivity (Wildman–Crippen MR) is 117 cm³/mol. The van der Waals surface area contributed by atoms with Crippen molar-refractivity contribution in [3.63, 3.8) is 0 Å². The molecule has 0 N–H and O–H groups in total. The molecule has 3 nitrogen and oxygen atoms in total. The molecule has 3 aromatic rings. The number of hydrogen-bond acceptors (Lipinski definition) is 4. The van der Waals surface area contributed by atoms with Crippen LogP contribution in [0.5, 0.6) is 0 Å². The molecule has 140 valence electrons. The molecule has 0 saturated heterocycles. The Balaban J connectivity index is 1.82. The van der Waals surface area contributed by atoms with Gasteiger partial charge in [-0.2, -0.15) is 0 Å². The van der Waals surface area contributed by atoms with Crippen molar-refractivity contribution in [3.8, 4) is 0 Å². The van der Waals surface area contributed by atoms with Crippen LogP contribution in [-0.2, 0) is 9.59 Å². The summed E-state index contributed by atoms with van der Waals surface area (Å²) >= 11 is 14.8. The zero-order valence-corrected chi connectivity index (χ0v) is 17.8. The van der Waals surface area contributed by atoms with Crippen LogP contribution < -0.4 is 4.90 Å². The van der Waals surface area contributed by atoms with E-state index in [0.29, 0.717) is 26.2 Å². The Labute approximate surface area is 180 Å². The molecule has 0 saturated carbocycles. The maximum Gasteiger partial charge on any atom is 0.272 e. The molecule has 1 aliphatic rings. The van der Waals surface area contributed by atoms with Crippen molar-refractivity contribution in [2.75, 3.05) is 4.90 Å². The number of rotatable bonds is 4. The maximum atomic E-state index is 13.3. The zero-order valence-electron chi connectivity index (χ0n) is 14.6. The molecule has 2 heterocycles. The Morgan fingerprint density at radius 3 is 2.32 bits per heavy atom. The highest BCUT2D eigenvalue weighted by molar-refractivity contribution is 8.04. The molecule has 7 heteroatoms. The minimum atomic E-state index is -0.348. The summed E-state index contributed by atoms with van der Waals surface area (Å²) in [6.45, 7) is 1.85. The van der Waals surface area contributed by atoms with Gasteiger partial charge >= 0.3 is 0 Å². The fraction of sp³-hybridized carbons (Fsp3) is 0.0476. The molecule has 1 aliphatic heterocycles. The minimum absolute atomic E-state index is 0.339. The van der Waals surface area contributed by atoms with E-state index in [9.17, 15) is 9.59 Å². The Morgan fingerprint density at radius 2 is 1.64 bits per heavy atom. The molecule has 0 unspecified atom stereocenters. The Morgan fingerprint density at radius 1 is 0.929 bits per heavy atom. The highest BCUT2D eigenvalue weighted by Gasteiger charge is 2.41. The van der Waals surface area contributed by atoms with Crippen LogP contribution in [0, 0.1) is 6.92 Å². The molecule has 0 aliphatic carbocycles. The lowest BCUT2D eigenvalue weighted by molar-refractivity contribution is -0.119. The number of imide groups is 1. The quantitative estimate of drug-likeness (QED) is 0.433. The number of carbonyl (C=O) groups is 2. The van der Waals surface area contributed by atoms with E-state index in [1.807, 2.05) is 36.6 Å². The Hall–Kier alpha value is -2.05. The van der Waals surface area contributed by atoms with Crippen LogP contribution in [0.4, 0.5) is 5.69 Å². The van der Waals surface area contributed by atoms with E-state index in [2.05, 4.69) is 0 Å². The number of carbonyl (C=O) groups excluding carboxylic acids is 2. The summed E-state index contributed by atoms with van der Waals surface area (Å²) in [5, 5.41) is 2.97. The highest BCUT2D eigenvalue weighted by atomic mass is 35.5. The second-order valence-electron chi connectivity index (χ2n) is 6.11. The van der Waals surface area contributed by atoms with Crippen LogP contribution in [0.1, 0.15) is 10.4 Å². The third-order valence-electron chi connectivity index (χ3n) is 4.25. The van der Waals surface area contributed by atoms with Crippen molar-refractivity contribution in [1.82, 2.24) is 0 Å². The lowest BCUT2D eigenvalue weighted by atomic mass is 10.1. The molecular formula is C21H13Cl2NO2S2. The molecule has 0 spiro atoms. The third kappa shape index (κ3) is 3.51. The largest absolute Gasteiger partial charge is 0.272 e. The van der Waals surface area contributed by atoms with Gasteiger partial charge in [-0.25, -0.2) is 4.90 Å². The summed E-state index contributed by atoms with van der Waals surface area (Å²) in [6, 6.07) is 16.1. The molecule has 0 fully saturated rings. The maximum absolute atomic E-state index is 13.3. The van der Waals surface area contributed by atoms with Crippen LogP contribution in [0.25, 0.3) is 5.57 Å². The predicted octanol–water partition coefficient (Wildman–Crippen LogP) is 6.44. The lowest BCUT2D eigenvalue weighted by Crippen LogP contribution is -2.31. The van der Waals surface area contributed by atoms with Gasteiger partial charge in [0.05, 0.1) is 16.2 Å². The summed E-state index contributed by atoms with van der Waals surface area (Å²) in [4.78, 5) is 29.8. The molecule has 1 aromatic heterocycles. The van der Waals surface area contributed by atoms with Crippen molar-refractivity contribution in [2.45, 2.75) is 11.8 Å². The number of anilines is 1. The van der Waals surface area contributed by atoms with E-state index in [0.717, 1.165) is 15.3 Å². The number of halogens is 2. The molecule has 2 amide bonds. The van der Waals surface area contributed by atoms with Gasteiger partial charge < -0.3 is 0 Å². The van der Waals surface area contributed by atoms with Gasteiger partial charge in [0.2, 0.25) is 0 Å². The summed E-state index contributed by atoms with van der Waals surface area (Å²) in [7, 11) is 0. The van der Waals surface area contributed by atoms with E-state index >= 15 is 0 Å². The second-order valence-corrected chi connectivity index (χ2v) is 9.02. The van der Waals surface area contributed by atoms with Crippen LogP contribution in [0.15, 0.2) is 69.8 Å². The zero-order chi connectivity index (χ0) is 19.8. The van der Waals surface area contributed by atoms with E-state index in [4.69, 9.17) is 23.2 Å². The number of amides is 2. The SMILES string of the molecule is Cc1ccc(Cl)cc1N1C(=O)C(Sc2ccc(Cl)cc2)=C(c2cccs2)C1=O. The average molecular weight is 446 g/mol. The summed E-state index contributed by atoms with van der Waals surface area (Å²) in [5.41, 5.74) is 1.72. The third-order valence-corrected chi connectivity index (χ3v) is 6.72. The van der Waals surface area contributed by atoms with Gasteiger partial charge in [-0.3, -0.25) is 9.59 Å². The summed E-state index contributed by atoms with van der Waals surface area (Å²) in [6.07, 6.45) is 0. The second kappa shape index (κ2) is 7.76. The van der Waals surface area contributed by atoms with Crippen LogP contribution in [-0.4, -0.2) is 11.8 Å². The van der Waals surface area contributed by atoms with Crippen molar-refractivity contribution in [2.24, 2.45) is 0 Å². The fourth-order valence-electron chi connectivity index (χ4n) is 2.91. The first-order chi connectivity index (χ1) is 13.5. The molecule has 28 heavy (non-hydrogen) atoms. The number of aryl methyl sites for hydroxylation is 1. The van der Waals surface area contributed by atoms with Crippen molar-refractivity contribution < 1.29 is 9.59 Å². The number of benzene rings is 2. The highest BCUT2D eigenvalue weighted by Crippen LogP contribution is 2.43.